The number of aromatic hydroxyl groups is 1. The first-order chi connectivity index (χ1) is 8.27. The largest absolute Gasteiger partial charge is 0.508 e. The molecule has 0 spiro atoms. The van der Waals surface area contributed by atoms with Crippen molar-refractivity contribution in [2.24, 2.45) is 0 Å². The minimum atomic E-state index is -1.11. The fraction of sp³-hybridized carbons (Fsp3) is 0.364. The van der Waals surface area contributed by atoms with E-state index in [1.165, 1.54) is 33.1 Å². The van der Waals surface area contributed by atoms with Crippen LogP contribution in [0.2, 0.25) is 0 Å². The Morgan fingerprint density at radius 3 is 2.61 bits per heavy atom. The van der Waals surface area contributed by atoms with Gasteiger partial charge in [-0.05, 0) is 26.0 Å². The van der Waals surface area contributed by atoms with E-state index in [0.717, 1.165) is 6.07 Å². The maximum Gasteiger partial charge on any atom is 0.296 e. The van der Waals surface area contributed by atoms with Crippen LogP contribution in [0.15, 0.2) is 18.2 Å². The van der Waals surface area contributed by atoms with Crippen LogP contribution in [0.4, 0.5) is 11.4 Å². The van der Waals surface area contributed by atoms with Crippen LogP contribution in [0.1, 0.15) is 13.8 Å². The predicted octanol–water partition coefficient (Wildman–Crippen LogP) is 1.66. The van der Waals surface area contributed by atoms with Gasteiger partial charge in [-0.1, -0.05) is 0 Å². The fourth-order valence-electron chi connectivity index (χ4n) is 1.14. The Hall–Kier alpha value is -2.15. The number of nitrogens with zero attached hydrogens (tertiary/aromatic N) is 1. The van der Waals surface area contributed by atoms with E-state index in [2.05, 4.69) is 5.32 Å². The maximum atomic E-state index is 11.8. The average Bonchev–Trinajstić information content (AvgIpc) is 2.31. The predicted molar refractivity (Wildman–Crippen MR) is 64.5 cm³/mol. The second kappa shape index (κ2) is 5.01. The molecule has 18 heavy (non-hydrogen) atoms. The molecule has 0 atom stereocenters. The summed E-state index contributed by atoms with van der Waals surface area (Å²) in [5, 5.41) is 22.4. The van der Waals surface area contributed by atoms with Crippen LogP contribution in [0.5, 0.6) is 5.75 Å². The Balaban J connectivity index is 3.05. The number of carbonyl (C=O) groups excluding carboxylic acids is 1. The number of benzene rings is 1. The van der Waals surface area contributed by atoms with Gasteiger partial charge in [0.25, 0.3) is 11.6 Å². The molecule has 0 saturated carbocycles. The van der Waals surface area contributed by atoms with Gasteiger partial charge in [0.1, 0.15) is 17.0 Å². The summed E-state index contributed by atoms with van der Waals surface area (Å²) in [5.74, 6) is -0.760. The lowest BCUT2D eigenvalue weighted by molar-refractivity contribution is -0.384. The van der Waals surface area contributed by atoms with Gasteiger partial charge in [-0.3, -0.25) is 14.9 Å². The third kappa shape index (κ3) is 2.95. The minimum absolute atomic E-state index is 0.00734. The van der Waals surface area contributed by atoms with E-state index in [0.29, 0.717) is 0 Å². The van der Waals surface area contributed by atoms with Crippen molar-refractivity contribution in [3.8, 4) is 5.75 Å². The van der Waals surface area contributed by atoms with Gasteiger partial charge < -0.3 is 15.2 Å². The summed E-state index contributed by atoms with van der Waals surface area (Å²) in [4.78, 5) is 21.9. The molecular formula is C11H14N2O5. The van der Waals surface area contributed by atoms with Crippen LogP contribution in [-0.4, -0.2) is 28.6 Å². The molecule has 0 fully saturated rings. The summed E-state index contributed by atoms with van der Waals surface area (Å²) in [6.45, 7) is 3.07. The molecule has 0 aromatic heterocycles. The van der Waals surface area contributed by atoms with Gasteiger partial charge in [0, 0.05) is 7.11 Å². The van der Waals surface area contributed by atoms with Gasteiger partial charge in [0.2, 0.25) is 0 Å². The monoisotopic (exact) mass is 254 g/mol. The summed E-state index contributed by atoms with van der Waals surface area (Å²) in [6.07, 6.45) is 0. The van der Waals surface area contributed by atoms with Gasteiger partial charge in [-0.25, -0.2) is 0 Å². The van der Waals surface area contributed by atoms with Gasteiger partial charge in [-0.15, -0.1) is 0 Å². The first-order valence-electron chi connectivity index (χ1n) is 5.12. The molecule has 7 nitrogen and oxygen atoms in total. The number of hydrogen-bond donors (Lipinski definition) is 2. The van der Waals surface area contributed by atoms with Crippen LogP contribution in [0.3, 0.4) is 0 Å². The highest BCUT2D eigenvalue weighted by molar-refractivity contribution is 5.98. The normalized spacial score (nSPS) is 11.1. The average molecular weight is 254 g/mol. The molecule has 0 radical (unpaired) electrons. The Morgan fingerprint density at radius 1 is 1.50 bits per heavy atom. The Morgan fingerprint density at radius 2 is 2.11 bits per heavy atom. The number of phenols is 1. The van der Waals surface area contributed by atoms with Gasteiger partial charge in [0.05, 0.1) is 11.0 Å². The first-order valence-corrected chi connectivity index (χ1v) is 5.12. The summed E-state index contributed by atoms with van der Waals surface area (Å²) < 4.78 is 4.96. The number of methoxy groups -OCH3 is 1. The van der Waals surface area contributed by atoms with E-state index in [4.69, 9.17) is 4.74 Å². The Labute approximate surface area is 104 Å². The Kier molecular flexibility index (Phi) is 3.87. The van der Waals surface area contributed by atoms with E-state index in [-0.39, 0.29) is 17.1 Å². The number of ether oxygens (including phenoxy) is 1. The molecule has 7 heteroatoms. The third-order valence-electron chi connectivity index (χ3n) is 2.48. The molecule has 2 N–H and O–H groups in total. The molecular weight excluding hydrogens is 240 g/mol. The second-order valence-electron chi connectivity index (χ2n) is 4.13. The number of nitro groups is 1. The van der Waals surface area contributed by atoms with E-state index in [1.807, 2.05) is 0 Å². The van der Waals surface area contributed by atoms with Gasteiger partial charge in [0.15, 0.2) is 0 Å². The number of phenolic OH excluding ortho intramolecular Hbond substituents is 1. The first kappa shape index (κ1) is 13.9. The van der Waals surface area contributed by atoms with E-state index in [9.17, 15) is 20.0 Å². The molecule has 1 aromatic carbocycles. The molecule has 0 saturated heterocycles. The van der Waals surface area contributed by atoms with Crippen molar-refractivity contribution in [2.45, 2.75) is 19.4 Å². The van der Waals surface area contributed by atoms with Crippen LogP contribution in [0.25, 0.3) is 0 Å². The van der Waals surface area contributed by atoms with Crippen LogP contribution < -0.4 is 5.32 Å². The lowest BCUT2D eigenvalue weighted by Gasteiger charge is -2.21. The van der Waals surface area contributed by atoms with Crippen molar-refractivity contribution in [3.05, 3.63) is 28.3 Å². The number of rotatable bonds is 4. The standard InChI is InChI=1S/C11H14N2O5/c1-11(2,18-3)10(15)12-8-5-4-7(14)6-9(8)13(16)17/h4-6,14H,1-3H3,(H,12,15). The van der Waals surface area contributed by atoms with E-state index >= 15 is 0 Å². The summed E-state index contributed by atoms with van der Waals surface area (Å²) >= 11 is 0. The van der Waals surface area contributed by atoms with Gasteiger partial charge in [-0.2, -0.15) is 0 Å². The van der Waals surface area contributed by atoms with Crippen molar-refractivity contribution in [3.63, 3.8) is 0 Å². The molecule has 1 aromatic rings. The lowest BCUT2D eigenvalue weighted by Crippen LogP contribution is -2.38. The molecule has 0 aliphatic heterocycles. The molecule has 0 aliphatic rings. The highest BCUT2D eigenvalue weighted by atomic mass is 16.6. The van der Waals surface area contributed by atoms with Crippen molar-refractivity contribution in [2.75, 3.05) is 12.4 Å². The number of nitro benzene ring substituents is 1. The number of amides is 1. The van der Waals surface area contributed by atoms with Crippen molar-refractivity contribution in [1.82, 2.24) is 0 Å². The topological polar surface area (TPSA) is 102 Å². The van der Waals surface area contributed by atoms with Gasteiger partial charge >= 0.3 is 0 Å². The molecule has 0 unspecified atom stereocenters. The zero-order valence-corrected chi connectivity index (χ0v) is 10.3. The maximum absolute atomic E-state index is 11.8. The smallest absolute Gasteiger partial charge is 0.296 e. The van der Waals surface area contributed by atoms with E-state index in [1.54, 1.807) is 0 Å². The van der Waals surface area contributed by atoms with Crippen molar-refractivity contribution in [1.29, 1.82) is 0 Å². The third-order valence-corrected chi connectivity index (χ3v) is 2.48. The number of nitrogens with one attached hydrogen (secondary N) is 1. The quantitative estimate of drug-likeness (QED) is 0.483. The van der Waals surface area contributed by atoms with Crippen molar-refractivity contribution >= 4 is 17.3 Å². The number of anilines is 1. The fourth-order valence-corrected chi connectivity index (χ4v) is 1.14. The molecule has 1 amide bonds. The lowest BCUT2D eigenvalue weighted by atomic mass is 10.1. The molecule has 0 aliphatic carbocycles. The molecule has 98 valence electrons. The number of hydrogen-bond acceptors (Lipinski definition) is 5. The summed E-state index contributed by atoms with van der Waals surface area (Å²) in [5.41, 5.74) is -1.48. The molecule has 0 heterocycles. The molecule has 1 rings (SSSR count). The highest BCUT2D eigenvalue weighted by Gasteiger charge is 2.29. The summed E-state index contributed by atoms with van der Waals surface area (Å²) in [7, 11) is 1.37. The van der Waals surface area contributed by atoms with Crippen LogP contribution >= 0.6 is 0 Å². The van der Waals surface area contributed by atoms with E-state index < -0.39 is 16.4 Å². The van der Waals surface area contributed by atoms with Crippen molar-refractivity contribution < 1.29 is 19.6 Å². The molecule has 0 bridgehead atoms. The van der Waals surface area contributed by atoms with Crippen LogP contribution in [-0.2, 0) is 9.53 Å². The summed E-state index contributed by atoms with van der Waals surface area (Å²) in [6, 6.07) is 3.48. The SMILES string of the molecule is COC(C)(C)C(=O)Nc1ccc(O)cc1[N+](=O)[O-]. The number of carbonyl (C=O) groups is 1. The zero-order valence-electron chi connectivity index (χ0n) is 10.3. The van der Waals surface area contributed by atoms with Crippen LogP contribution in [0, 0.1) is 10.1 Å². The minimum Gasteiger partial charge on any atom is -0.508 e. The Bertz CT molecular complexity index is 484. The second-order valence-corrected chi connectivity index (χ2v) is 4.13. The highest BCUT2D eigenvalue weighted by Crippen LogP contribution is 2.29. The zero-order chi connectivity index (χ0) is 13.9.